The van der Waals surface area contributed by atoms with Gasteiger partial charge in [0.05, 0.1) is 19.3 Å². The second-order valence-electron chi connectivity index (χ2n) is 9.76. The molecule has 2 saturated heterocycles. The lowest BCUT2D eigenvalue weighted by Crippen LogP contribution is -2.45. The van der Waals surface area contributed by atoms with Crippen LogP contribution in [-0.2, 0) is 17.7 Å². The van der Waals surface area contributed by atoms with E-state index >= 15 is 0 Å². The topological polar surface area (TPSA) is 76.6 Å². The number of rotatable bonds is 5. The average Bonchev–Trinajstić information content (AvgIpc) is 3.26. The molecule has 2 aromatic rings. The zero-order chi connectivity index (χ0) is 23.1. The highest BCUT2D eigenvalue weighted by Gasteiger charge is 2.42. The Labute approximate surface area is 231 Å². The number of benzene rings is 1. The molecule has 202 valence electrons. The Morgan fingerprint density at radius 1 is 1.19 bits per heavy atom. The first kappa shape index (κ1) is 30.6. The monoisotopic (exact) mass is 563 g/mol. The second kappa shape index (κ2) is 12.8. The maximum Gasteiger partial charge on any atom is 0.409 e. The molecule has 2 fully saturated rings. The fourth-order valence-corrected chi connectivity index (χ4v) is 6.32. The van der Waals surface area contributed by atoms with Crippen LogP contribution in [0.25, 0.3) is 0 Å². The molecular weight excluding hydrogens is 528 g/mol. The molecule has 0 unspecified atom stereocenters. The number of aryl methyl sites for hydroxylation is 1. The van der Waals surface area contributed by atoms with Gasteiger partial charge in [-0.3, -0.25) is 4.90 Å². The van der Waals surface area contributed by atoms with Crippen LogP contribution in [0.1, 0.15) is 67.0 Å². The first-order valence-corrected chi connectivity index (χ1v) is 12.1. The van der Waals surface area contributed by atoms with Crippen molar-refractivity contribution < 1.29 is 13.9 Å². The molecule has 2 bridgehead atoms. The van der Waals surface area contributed by atoms with E-state index in [9.17, 15) is 9.18 Å². The molecule has 0 spiro atoms. The van der Waals surface area contributed by atoms with Crippen LogP contribution in [0, 0.1) is 12.7 Å². The number of imidazole rings is 1. The van der Waals surface area contributed by atoms with Gasteiger partial charge in [0.25, 0.3) is 0 Å². The van der Waals surface area contributed by atoms with E-state index in [2.05, 4.69) is 16.4 Å². The van der Waals surface area contributed by atoms with Crippen LogP contribution in [0.15, 0.2) is 24.3 Å². The van der Waals surface area contributed by atoms with Crippen molar-refractivity contribution in [1.29, 1.82) is 0 Å². The van der Waals surface area contributed by atoms with Gasteiger partial charge >= 0.3 is 6.09 Å². The largest absolute Gasteiger partial charge is 0.453 e. The number of piperidine rings is 1. The molecule has 4 heterocycles. The van der Waals surface area contributed by atoms with E-state index in [1.54, 1.807) is 17.0 Å². The van der Waals surface area contributed by atoms with E-state index in [0.717, 1.165) is 49.3 Å². The van der Waals surface area contributed by atoms with Gasteiger partial charge in [0, 0.05) is 49.4 Å². The average molecular weight is 565 g/mol. The lowest BCUT2D eigenvalue weighted by atomic mass is 9.95. The highest BCUT2D eigenvalue weighted by molar-refractivity contribution is 5.86. The van der Waals surface area contributed by atoms with Crippen molar-refractivity contribution >= 4 is 43.3 Å². The van der Waals surface area contributed by atoms with Gasteiger partial charge in [-0.25, -0.2) is 14.2 Å². The van der Waals surface area contributed by atoms with Crippen LogP contribution in [0.5, 0.6) is 0 Å². The van der Waals surface area contributed by atoms with Crippen molar-refractivity contribution in [3.8, 4) is 0 Å². The SMILES string of the molecule is COC(=O)N1CCc2c(nc(C)n2[C@H]2C[C@H]3CC[C@@H](C2)N3CC[C@H](N)c2cccc(F)c2)C1.Cl.Cl.Cl. The summed E-state index contributed by atoms with van der Waals surface area (Å²) in [4.78, 5) is 21.2. The number of hydrogen-bond donors (Lipinski definition) is 1. The minimum atomic E-state index is -0.282. The normalized spacial score (nSPS) is 23.6. The van der Waals surface area contributed by atoms with E-state index < -0.39 is 0 Å². The first-order valence-electron chi connectivity index (χ1n) is 12.1. The maximum absolute atomic E-state index is 13.6. The van der Waals surface area contributed by atoms with Crippen molar-refractivity contribution in [3.63, 3.8) is 0 Å². The zero-order valence-corrected chi connectivity index (χ0v) is 23.2. The standard InChI is InChI=1S/C25H34FN5O2.3ClH/c1-16-28-23-15-29(25(32)33-2)10-9-24(23)31(16)21-13-19-6-7-20(14-21)30(19)11-8-22(27)17-4-3-5-18(26)12-17;;;/h3-5,12,19-22H,6-11,13-15,27H2,1-2H3;3*1H/t19-,20+,21+,22-;;;/m0.../s1. The van der Waals surface area contributed by atoms with Gasteiger partial charge < -0.3 is 19.9 Å². The summed E-state index contributed by atoms with van der Waals surface area (Å²) in [5, 5.41) is 0. The van der Waals surface area contributed by atoms with E-state index in [-0.39, 0.29) is 55.2 Å². The van der Waals surface area contributed by atoms with Gasteiger partial charge in [-0.1, -0.05) is 12.1 Å². The summed E-state index contributed by atoms with van der Waals surface area (Å²) in [6, 6.07) is 8.10. The van der Waals surface area contributed by atoms with Crippen LogP contribution in [-0.4, -0.2) is 57.7 Å². The molecule has 7 nitrogen and oxygen atoms in total. The smallest absolute Gasteiger partial charge is 0.409 e. The molecular formula is C25H37Cl3FN5O2. The predicted molar refractivity (Wildman–Crippen MR) is 145 cm³/mol. The summed E-state index contributed by atoms with van der Waals surface area (Å²) in [7, 11) is 1.43. The minimum Gasteiger partial charge on any atom is -0.453 e. The number of methoxy groups -OCH3 is 1. The predicted octanol–water partition coefficient (Wildman–Crippen LogP) is 4.98. The van der Waals surface area contributed by atoms with Crippen molar-refractivity contribution in [1.82, 2.24) is 19.4 Å². The van der Waals surface area contributed by atoms with Gasteiger partial charge in [-0.2, -0.15) is 0 Å². The van der Waals surface area contributed by atoms with Crippen molar-refractivity contribution in [2.24, 2.45) is 5.73 Å². The summed E-state index contributed by atoms with van der Waals surface area (Å²) < 4.78 is 20.9. The molecule has 11 heteroatoms. The molecule has 5 rings (SSSR count). The molecule has 1 aromatic heterocycles. The maximum atomic E-state index is 13.6. The quantitative estimate of drug-likeness (QED) is 0.554. The van der Waals surface area contributed by atoms with Crippen LogP contribution >= 0.6 is 37.2 Å². The van der Waals surface area contributed by atoms with E-state index in [1.807, 2.05) is 6.07 Å². The number of carbonyl (C=O) groups is 1. The highest BCUT2D eigenvalue weighted by atomic mass is 35.5. The molecule has 36 heavy (non-hydrogen) atoms. The number of amides is 1. The second-order valence-corrected chi connectivity index (χ2v) is 9.76. The van der Waals surface area contributed by atoms with Gasteiger partial charge in [0.2, 0.25) is 0 Å². The van der Waals surface area contributed by atoms with Crippen LogP contribution in [0.4, 0.5) is 9.18 Å². The number of ether oxygens (including phenoxy) is 1. The molecule has 0 radical (unpaired) electrons. The molecule has 2 N–H and O–H groups in total. The lowest BCUT2D eigenvalue weighted by Gasteiger charge is -2.41. The highest BCUT2D eigenvalue weighted by Crippen LogP contribution is 2.42. The molecule has 3 aliphatic heterocycles. The third-order valence-electron chi connectivity index (χ3n) is 7.86. The lowest BCUT2D eigenvalue weighted by molar-refractivity contribution is 0.100. The van der Waals surface area contributed by atoms with Gasteiger partial charge in [-0.05, 0) is 56.7 Å². The molecule has 0 saturated carbocycles. The third-order valence-corrected chi connectivity index (χ3v) is 7.86. The Bertz CT molecular complexity index is 1030. The Morgan fingerprint density at radius 2 is 1.89 bits per heavy atom. The summed E-state index contributed by atoms with van der Waals surface area (Å²) in [6.07, 6.45) is 6.07. The fraction of sp³-hybridized carbons (Fsp3) is 0.600. The number of nitrogens with zero attached hydrogens (tertiary/aromatic N) is 4. The van der Waals surface area contributed by atoms with Crippen molar-refractivity contribution in [2.75, 3.05) is 20.2 Å². The molecule has 0 aliphatic carbocycles. The molecule has 3 aliphatic rings. The van der Waals surface area contributed by atoms with Gasteiger partial charge in [0.15, 0.2) is 0 Å². The number of hydrogen-bond acceptors (Lipinski definition) is 5. The van der Waals surface area contributed by atoms with Gasteiger partial charge in [0.1, 0.15) is 11.6 Å². The van der Waals surface area contributed by atoms with E-state index in [1.165, 1.54) is 31.7 Å². The Balaban J connectivity index is 0.00000152. The number of nitrogens with two attached hydrogens (primary N) is 1. The zero-order valence-electron chi connectivity index (χ0n) is 20.8. The minimum absolute atomic E-state index is 0. The van der Waals surface area contributed by atoms with E-state index in [0.29, 0.717) is 31.2 Å². The Hall–Kier alpha value is -1.58. The van der Waals surface area contributed by atoms with Crippen molar-refractivity contribution in [2.45, 2.75) is 76.2 Å². The summed E-state index contributed by atoms with van der Waals surface area (Å²) in [5.74, 6) is 0.829. The van der Waals surface area contributed by atoms with Gasteiger partial charge in [-0.15, -0.1) is 37.2 Å². The summed E-state index contributed by atoms with van der Waals surface area (Å²) in [6.45, 7) is 4.25. The van der Waals surface area contributed by atoms with Crippen LogP contribution in [0.3, 0.4) is 0 Å². The number of halogens is 4. The van der Waals surface area contributed by atoms with Crippen LogP contribution in [0.2, 0.25) is 0 Å². The summed E-state index contributed by atoms with van der Waals surface area (Å²) >= 11 is 0. The fourth-order valence-electron chi connectivity index (χ4n) is 6.32. The number of fused-ring (bicyclic) bond motifs is 3. The van der Waals surface area contributed by atoms with E-state index in [4.69, 9.17) is 15.5 Å². The number of aromatic nitrogens is 2. The number of carbonyl (C=O) groups excluding carboxylic acids is 1. The van der Waals surface area contributed by atoms with Crippen LogP contribution < -0.4 is 5.73 Å². The molecule has 4 atom stereocenters. The Kier molecular flexibility index (Phi) is 10.9. The Morgan fingerprint density at radius 3 is 2.53 bits per heavy atom. The third kappa shape index (κ3) is 5.94. The molecule has 1 aromatic carbocycles. The van der Waals surface area contributed by atoms with Crippen molar-refractivity contribution in [3.05, 3.63) is 52.9 Å². The first-order chi connectivity index (χ1) is 15.9. The molecule has 1 amide bonds. The summed E-state index contributed by atoms with van der Waals surface area (Å²) in [5.41, 5.74) is 9.57.